The Balaban J connectivity index is 3.07. The highest BCUT2D eigenvalue weighted by molar-refractivity contribution is 6.43. The molecule has 0 heterocycles. The van der Waals surface area contributed by atoms with Crippen LogP contribution in [0.1, 0.15) is 22.3 Å². The molecule has 0 bridgehead atoms. The summed E-state index contributed by atoms with van der Waals surface area (Å²) in [6.07, 6.45) is 0.479. The van der Waals surface area contributed by atoms with E-state index < -0.39 is 5.97 Å². The van der Waals surface area contributed by atoms with Gasteiger partial charge in [0.1, 0.15) is 0 Å². The van der Waals surface area contributed by atoms with Crippen LogP contribution in [-0.2, 0) is 20.7 Å². The second-order valence-corrected chi connectivity index (χ2v) is 4.25. The van der Waals surface area contributed by atoms with Crippen LogP contribution in [0, 0.1) is 0 Å². The lowest BCUT2D eigenvalue weighted by atomic mass is 10.0. The van der Waals surface area contributed by atoms with E-state index in [0.29, 0.717) is 12.0 Å². The van der Waals surface area contributed by atoms with Gasteiger partial charge >= 0.3 is 11.9 Å². The van der Waals surface area contributed by atoms with E-state index in [2.05, 4.69) is 9.47 Å². The molecule has 1 aromatic rings. The van der Waals surface area contributed by atoms with Crippen LogP contribution in [0.3, 0.4) is 0 Å². The van der Waals surface area contributed by atoms with Crippen molar-refractivity contribution in [3.8, 4) is 0 Å². The molecule has 1 aromatic carbocycles. The van der Waals surface area contributed by atoms with Crippen LogP contribution in [0.25, 0.3) is 0 Å². The molecule has 0 unspecified atom stereocenters. The molecule has 0 aliphatic rings. The van der Waals surface area contributed by atoms with Crippen molar-refractivity contribution in [3.05, 3.63) is 33.3 Å². The van der Waals surface area contributed by atoms with Crippen LogP contribution >= 0.6 is 23.2 Å². The summed E-state index contributed by atoms with van der Waals surface area (Å²) in [5.74, 6) is -0.945. The highest BCUT2D eigenvalue weighted by atomic mass is 35.5. The summed E-state index contributed by atoms with van der Waals surface area (Å²) in [6, 6.07) is 3.21. The number of hydrogen-bond acceptors (Lipinski definition) is 4. The number of aryl methyl sites for hydroxylation is 1. The van der Waals surface area contributed by atoms with Crippen LogP contribution in [0.5, 0.6) is 0 Å². The predicted molar refractivity (Wildman–Crippen MR) is 68.1 cm³/mol. The summed E-state index contributed by atoms with van der Waals surface area (Å²) in [7, 11) is 2.56. The number of rotatable bonds is 4. The summed E-state index contributed by atoms with van der Waals surface area (Å²) in [4.78, 5) is 22.7. The zero-order valence-corrected chi connectivity index (χ0v) is 11.5. The number of hydrogen-bond donors (Lipinski definition) is 0. The Morgan fingerprint density at radius 2 is 1.83 bits per heavy atom. The molecule has 6 heteroatoms. The van der Waals surface area contributed by atoms with Crippen molar-refractivity contribution < 1.29 is 19.1 Å². The number of carbonyl (C=O) groups excluding carboxylic acids is 2. The topological polar surface area (TPSA) is 52.6 Å². The lowest BCUT2D eigenvalue weighted by molar-refractivity contribution is -0.140. The van der Waals surface area contributed by atoms with Crippen molar-refractivity contribution >= 4 is 35.1 Å². The summed E-state index contributed by atoms with van der Waals surface area (Å²) >= 11 is 11.8. The van der Waals surface area contributed by atoms with E-state index in [1.807, 2.05) is 0 Å². The Labute approximate surface area is 115 Å². The maximum absolute atomic E-state index is 11.6. The molecule has 0 radical (unpaired) electrons. The summed E-state index contributed by atoms with van der Waals surface area (Å²) in [6.45, 7) is 0. The normalized spacial score (nSPS) is 10.0. The molecule has 0 N–H and O–H groups in total. The van der Waals surface area contributed by atoms with Crippen molar-refractivity contribution in [2.24, 2.45) is 0 Å². The maximum atomic E-state index is 11.6. The van der Waals surface area contributed by atoms with Crippen molar-refractivity contribution in [2.75, 3.05) is 14.2 Å². The Morgan fingerprint density at radius 3 is 2.39 bits per heavy atom. The van der Waals surface area contributed by atoms with Crippen molar-refractivity contribution in [3.63, 3.8) is 0 Å². The Kier molecular flexibility index (Phi) is 5.44. The first kappa shape index (κ1) is 14.8. The maximum Gasteiger partial charge on any atom is 0.339 e. The predicted octanol–water partition coefficient (Wildman–Crippen LogP) is 2.89. The van der Waals surface area contributed by atoms with Gasteiger partial charge in [0.05, 0.1) is 29.8 Å². The molecule has 1 rings (SSSR count). The highest BCUT2D eigenvalue weighted by Gasteiger charge is 2.19. The summed E-state index contributed by atoms with van der Waals surface area (Å²) < 4.78 is 9.19. The van der Waals surface area contributed by atoms with Crippen molar-refractivity contribution in [2.45, 2.75) is 12.8 Å². The van der Waals surface area contributed by atoms with E-state index in [1.54, 1.807) is 12.1 Å². The van der Waals surface area contributed by atoms with Crippen LogP contribution in [0.2, 0.25) is 10.0 Å². The lowest BCUT2D eigenvalue weighted by Crippen LogP contribution is -2.09. The lowest BCUT2D eigenvalue weighted by Gasteiger charge is -2.10. The fourth-order valence-electron chi connectivity index (χ4n) is 1.46. The van der Waals surface area contributed by atoms with Crippen molar-refractivity contribution in [1.29, 1.82) is 0 Å². The third-order valence-electron chi connectivity index (χ3n) is 2.40. The molecule has 98 valence electrons. The summed E-state index contributed by atoms with van der Waals surface area (Å²) in [5, 5.41) is 0.393. The quantitative estimate of drug-likeness (QED) is 0.800. The SMILES string of the molecule is COC(=O)CCc1ccc(Cl)c(Cl)c1C(=O)OC. The van der Waals surface area contributed by atoms with E-state index >= 15 is 0 Å². The van der Waals surface area contributed by atoms with Gasteiger partial charge in [-0.1, -0.05) is 29.3 Å². The fourth-order valence-corrected chi connectivity index (χ4v) is 1.88. The van der Waals surface area contributed by atoms with E-state index in [1.165, 1.54) is 14.2 Å². The molecule has 4 nitrogen and oxygen atoms in total. The van der Waals surface area contributed by atoms with Gasteiger partial charge in [0.25, 0.3) is 0 Å². The number of halogens is 2. The highest BCUT2D eigenvalue weighted by Crippen LogP contribution is 2.29. The van der Waals surface area contributed by atoms with Crippen LogP contribution < -0.4 is 0 Å². The van der Waals surface area contributed by atoms with Gasteiger partial charge in [0.15, 0.2) is 0 Å². The van der Waals surface area contributed by atoms with Crippen molar-refractivity contribution in [1.82, 2.24) is 0 Å². The number of benzene rings is 1. The molecule has 0 amide bonds. The van der Waals surface area contributed by atoms with E-state index in [0.717, 1.165) is 0 Å². The van der Waals surface area contributed by atoms with Gasteiger partial charge in [-0.25, -0.2) is 4.79 Å². The van der Waals surface area contributed by atoms with Gasteiger partial charge in [0, 0.05) is 6.42 Å². The molecule has 0 atom stereocenters. The minimum atomic E-state index is -0.581. The Hall–Kier alpha value is -1.26. The van der Waals surface area contributed by atoms with Crippen LogP contribution in [-0.4, -0.2) is 26.2 Å². The van der Waals surface area contributed by atoms with Crippen LogP contribution in [0.15, 0.2) is 12.1 Å². The third-order valence-corrected chi connectivity index (χ3v) is 3.20. The number of ether oxygens (including phenoxy) is 2. The molecular weight excluding hydrogens is 279 g/mol. The molecule has 0 aliphatic carbocycles. The smallest absolute Gasteiger partial charge is 0.339 e. The zero-order valence-electron chi connectivity index (χ0n) is 9.96. The van der Waals surface area contributed by atoms with Gasteiger partial charge in [0.2, 0.25) is 0 Å². The first-order chi connectivity index (χ1) is 8.51. The standard InChI is InChI=1S/C12H12Cl2O4/c1-17-9(15)6-4-7-3-5-8(13)11(14)10(7)12(16)18-2/h3,5H,4,6H2,1-2H3. The second kappa shape index (κ2) is 6.61. The van der Waals surface area contributed by atoms with E-state index in [9.17, 15) is 9.59 Å². The molecule has 0 aliphatic heterocycles. The molecule has 0 spiro atoms. The molecule has 0 saturated heterocycles. The first-order valence-corrected chi connectivity index (χ1v) is 5.88. The number of methoxy groups -OCH3 is 2. The molecule has 0 saturated carbocycles. The van der Waals surface area contributed by atoms with E-state index in [-0.39, 0.29) is 28.0 Å². The van der Waals surface area contributed by atoms with Gasteiger partial charge in [-0.2, -0.15) is 0 Å². The summed E-state index contributed by atoms with van der Waals surface area (Å²) in [5.41, 5.74) is 0.789. The van der Waals surface area contributed by atoms with Gasteiger partial charge in [-0.15, -0.1) is 0 Å². The third kappa shape index (κ3) is 3.37. The average molecular weight is 291 g/mol. The zero-order chi connectivity index (χ0) is 13.7. The average Bonchev–Trinajstić information content (AvgIpc) is 2.38. The Morgan fingerprint density at radius 1 is 1.17 bits per heavy atom. The number of esters is 2. The molecule has 18 heavy (non-hydrogen) atoms. The fraction of sp³-hybridized carbons (Fsp3) is 0.333. The van der Waals surface area contributed by atoms with Crippen LogP contribution in [0.4, 0.5) is 0 Å². The molecular formula is C12H12Cl2O4. The number of carbonyl (C=O) groups is 2. The largest absolute Gasteiger partial charge is 0.469 e. The van der Waals surface area contributed by atoms with Gasteiger partial charge in [-0.3, -0.25) is 4.79 Å². The van der Waals surface area contributed by atoms with Gasteiger partial charge < -0.3 is 9.47 Å². The minimum absolute atomic E-state index is 0.130. The molecule has 0 aromatic heterocycles. The first-order valence-electron chi connectivity index (χ1n) is 5.13. The monoisotopic (exact) mass is 290 g/mol. The second-order valence-electron chi connectivity index (χ2n) is 3.46. The Bertz CT molecular complexity index is 471. The van der Waals surface area contributed by atoms with E-state index in [4.69, 9.17) is 23.2 Å². The van der Waals surface area contributed by atoms with Gasteiger partial charge in [-0.05, 0) is 18.1 Å². The minimum Gasteiger partial charge on any atom is -0.469 e. The molecule has 0 fully saturated rings.